The van der Waals surface area contributed by atoms with Gasteiger partial charge in [0.15, 0.2) is 11.8 Å². The Bertz CT molecular complexity index is 1340. The molecule has 0 fully saturated rings. The molecule has 5 N–H and O–H groups in total. The van der Waals surface area contributed by atoms with Crippen LogP contribution in [0, 0.1) is 11.6 Å². The summed E-state index contributed by atoms with van der Waals surface area (Å²) in [6, 6.07) is 8.80. The number of aromatic nitrogens is 2. The van der Waals surface area contributed by atoms with Gasteiger partial charge in [-0.1, -0.05) is 18.2 Å². The summed E-state index contributed by atoms with van der Waals surface area (Å²) in [5.41, 5.74) is 14.3. The number of para-hydroxylation sites is 1. The number of halogens is 2. The number of hydrogen-bond acceptors (Lipinski definition) is 7. The quantitative estimate of drug-likeness (QED) is 0.546. The van der Waals surface area contributed by atoms with Crippen LogP contribution < -0.4 is 15.8 Å². The second-order valence-electron chi connectivity index (χ2n) is 7.59. The number of benzene rings is 2. The van der Waals surface area contributed by atoms with Crippen molar-refractivity contribution >= 4 is 27.5 Å². The van der Waals surface area contributed by atoms with E-state index in [1.165, 1.54) is 0 Å². The number of nitrogens with zero attached hydrogens (tertiary/aromatic N) is 4. The molecule has 0 saturated carbocycles. The lowest BCUT2D eigenvalue weighted by molar-refractivity contribution is 0.233. The fourth-order valence-corrected chi connectivity index (χ4v) is 5.81. The fraction of sp³-hybridized carbons (Fsp3) is 0.200. The van der Waals surface area contributed by atoms with E-state index in [1.54, 1.807) is 35.4 Å². The predicted molar refractivity (Wildman–Crippen MR) is 113 cm³/mol. The van der Waals surface area contributed by atoms with Gasteiger partial charge in [0.2, 0.25) is 0 Å². The molecule has 1 aromatic heterocycles. The summed E-state index contributed by atoms with van der Waals surface area (Å²) in [5, 5.41) is 6.66. The van der Waals surface area contributed by atoms with Gasteiger partial charge in [0.1, 0.15) is 22.7 Å². The van der Waals surface area contributed by atoms with E-state index in [1.807, 2.05) is 0 Å². The van der Waals surface area contributed by atoms with Crippen LogP contribution in [0.5, 0.6) is 0 Å². The van der Waals surface area contributed by atoms with E-state index < -0.39 is 38.8 Å². The molecule has 2 unspecified atom stereocenters. The first kappa shape index (κ1) is 20.4. The molecular formula is C20H19F2N7O2S. The molecule has 0 spiro atoms. The molecule has 0 bridgehead atoms. The number of nitrogens with one attached hydrogen (secondary N) is 1. The van der Waals surface area contributed by atoms with Gasteiger partial charge in [-0.3, -0.25) is 9.40 Å². The summed E-state index contributed by atoms with van der Waals surface area (Å²) in [6.07, 6.45) is 1.27. The smallest absolute Gasteiger partial charge is 0.267 e. The first-order chi connectivity index (χ1) is 15.3. The van der Waals surface area contributed by atoms with Gasteiger partial charge in [-0.05, 0) is 30.2 Å². The van der Waals surface area contributed by atoms with E-state index in [2.05, 4.69) is 15.2 Å². The topological polar surface area (TPSA) is 134 Å². The van der Waals surface area contributed by atoms with Crippen molar-refractivity contribution in [1.29, 1.82) is 0 Å². The molecule has 2 atom stereocenters. The van der Waals surface area contributed by atoms with Crippen molar-refractivity contribution in [2.45, 2.75) is 23.5 Å². The third kappa shape index (κ3) is 3.10. The average molecular weight is 459 g/mol. The lowest BCUT2D eigenvalue weighted by Gasteiger charge is -2.44. The molecule has 32 heavy (non-hydrogen) atoms. The first-order valence-electron chi connectivity index (χ1n) is 9.74. The molecule has 0 amide bonds. The van der Waals surface area contributed by atoms with Crippen molar-refractivity contribution in [3.8, 4) is 0 Å². The van der Waals surface area contributed by atoms with Gasteiger partial charge in [0.25, 0.3) is 10.0 Å². The van der Waals surface area contributed by atoms with Crippen LogP contribution in [0.15, 0.2) is 58.5 Å². The standard InChI is InChI=1S/C20H19F2N7O2S/c21-12-5-6-17(15(22)8-12)32(30,31)28-10-13(7-11-3-1-2-4-16(11)28)29-18(23)14-9-25-27-19(14)26-20(29)24/h1-6,8-9,13,18H,7,10,23H2,(H3,24,25,26,27). The van der Waals surface area contributed by atoms with Crippen LogP contribution in [0.4, 0.5) is 20.3 Å². The zero-order valence-electron chi connectivity index (χ0n) is 16.6. The van der Waals surface area contributed by atoms with E-state index in [-0.39, 0.29) is 12.5 Å². The van der Waals surface area contributed by atoms with Crippen LogP contribution in [-0.2, 0) is 16.4 Å². The van der Waals surface area contributed by atoms with Crippen molar-refractivity contribution in [1.82, 2.24) is 15.1 Å². The maximum absolute atomic E-state index is 14.5. The van der Waals surface area contributed by atoms with Crippen molar-refractivity contribution in [2.24, 2.45) is 16.5 Å². The van der Waals surface area contributed by atoms with Gasteiger partial charge in [0, 0.05) is 6.07 Å². The van der Waals surface area contributed by atoms with Gasteiger partial charge < -0.3 is 16.4 Å². The Morgan fingerprint density at radius 3 is 2.72 bits per heavy atom. The molecule has 0 aliphatic carbocycles. The van der Waals surface area contributed by atoms with Crippen LogP contribution in [0.25, 0.3) is 0 Å². The number of guanidine groups is 1. The van der Waals surface area contributed by atoms with Crippen LogP contribution >= 0.6 is 0 Å². The number of aromatic amines is 1. The number of fused-ring (bicyclic) bond motifs is 2. The van der Waals surface area contributed by atoms with Crippen molar-refractivity contribution in [3.05, 3.63) is 71.4 Å². The SMILES string of the molecule is NC1=Nc2[nH]ncc2C(N)N1C1Cc2ccccc2N(S(=O)(=O)c2ccc(F)cc2F)C1. The maximum atomic E-state index is 14.5. The fourth-order valence-electron chi connectivity index (χ4n) is 4.23. The third-order valence-electron chi connectivity index (χ3n) is 5.70. The Morgan fingerprint density at radius 1 is 1.16 bits per heavy atom. The first-order valence-corrected chi connectivity index (χ1v) is 11.2. The highest BCUT2D eigenvalue weighted by Gasteiger charge is 2.40. The molecule has 0 radical (unpaired) electrons. The Labute approximate surface area is 182 Å². The van der Waals surface area contributed by atoms with Crippen LogP contribution in [0.2, 0.25) is 0 Å². The maximum Gasteiger partial charge on any atom is 0.267 e. The molecule has 166 valence electrons. The summed E-state index contributed by atoms with van der Waals surface area (Å²) >= 11 is 0. The zero-order valence-corrected chi connectivity index (χ0v) is 17.4. The number of aliphatic imine (C=N–C) groups is 1. The Kier molecular flexibility index (Phi) is 4.64. The molecule has 2 aromatic carbocycles. The molecule has 3 aromatic rings. The Balaban J connectivity index is 1.59. The average Bonchev–Trinajstić information content (AvgIpc) is 3.21. The highest BCUT2D eigenvalue weighted by atomic mass is 32.2. The van der Waals surface area contributed by atoms with E-state index in [0.717, 1.165) is 16.4 Å². The van der Waals surface area contributed by atoms with Gasteiger partial charge in [-0.2, -0.15) is 10.1 Å². The highest BCUT2D eigenvalue weighted by molar-refractivity contribution is 7.92. The molecule has 2 aliphatic heterocycles. The van der Waals surface area contributed by atoms with Crippen molar-refractivity contribution in [3.63, 3.8) is 0 Å². The number of hydrogen-bond donors (Lipinski definition) is 3. The minimum Gasteiger partial charge on any atom is -0.369 e. The third-order valence-corrected chi connectivity index (χ3v) is 7.52. The highest BCUT2D eigenvalue weighted by Crippen LogP contribution is 2.37. The van der Waals surface area contributed by atoms with Gasteiger partial charge in [-0.25, -0.2) is 17.2 Å². The van der Waals surface area contributed by atoms with Crippen LogP contribution in [0.3, 0.4) is 0 Å². The normalized spacial score (nSPS) is 20.5. The Hall–Kier alpha value is -3.51. The minimum atomic E-state index is -4.35. The van der Waals surface area contributed by atoms with E-state index in [4.69, 9.17) is 11.5 Å². The number of anilines is 1. The summed E-state index contributed by atoms with van der Waals surface area (Å²) in [4.78, 5) is 5.31. The molecule has 9 nitrogen and oxygen atoms in total. The molecule has 5 rings (SSSR count). The number of sulfonamides is 1. The number of rotatable bonds is 3. The summed E-state index contributed by atoms with van der Waals surface area (Å²) < 4.78 is 55.9. The van der Waals surface area contributed by atoms with Gasteiger partial charge in [0.05, 0.1) is 30.0 Å². The zero-order chi connectivity index (χ0) is 22.6. The van der Waals surface area contributed by atoms with Crippen LogP contribution in [0.1, 0.15) is 17.3 Å². The van der Waals surface area contributed by atoms with Crippen molar-refractivity contribution in [2.75, 3.05) is 10.8 Å². The lowest BCUT2D eigenvalue weighted by Crippen LogP contribution is -2.57. The monoisotopic (exact) mass is 459 g/mol. The molecular weight excluding hydrogens is 440 g/mol. The number of H-pyrrole nitrogens is 1. The lowest BCUT2D eigenvalue weighted by atomic mass is 9.97. The largest absolute Gasteiger partial charge is 0.369 e. The summed E-state index contributed by atoms with van der Waals surface area (Å²) in [6.45, 7) is -0.0622. The second-order valence-corrected chi connectivity index (χ2v) is 9.42. The summed E-state index contributed by atoms with van der Waals surface area (Å²) in [7, 11) is -4.35. The molecule has 0 saturated heterocycles. The molecule has 2 aliphatic rings. The van der Waals surface area contributed by atoms with Crippen molar-refractivity contribution < 1.29 is 17.2 Å². The van der Waals surface area contributed by atoms with E-state index >= 15 is 0 Å². The second kappa shape index (κ2) is 7.28. The van der Waals surface area contributed by atoms with Gasteiger partial charge in [-0.15, -0.1) is 0 Å². The number of nitrogens with two attached hydrogens (primary N) is 2. The minimum absolute atomic E-state index is 0.0622. The summed E-state index contributed by atoms with van der Waals surface area (Å²) in [5.74, 6) is -1.47. The predicted octanol–water partition coefficient (Wildman–Crippen LogP) is 1.73. The van der Waals surface area contributed by atoms with Crippen LogP contribution in [-0.4, -0.2) is 42.1 Å². The Morgan fingerprint density at radius 2 is 1.94 bits per heavy atom. The van der Waals surface area contributed by atoms with E-state index in [9.17, 15) is 17.2 Å². The molecule has 12 heteroatoms. The molecule has 3 heterocycles. The van der Waals surface area contributed by atoms with Gasteiger partial charge >= 0.3 is 0 Å². The van der Waals surface area contributed by atoms with E-state index in [0.29, 0.717) is 35.1 Å².